The number of phenols is 1. The Hall–Kier alpha value is -3.60. The number of carbonyl (C=O) groups excluding carboxylic acids is 2. The molecule has 0 bridgehead atoms. The Morgan fingerprint density at radius 3 is 2.44 bits per heavy atom. The predicted octanol–water partition coefficient (Wildman–Crippen LogP) is 4.22. The number of thioether (sulfide) groups is 1. The highest BCUT2D eigenvalue weighted by atomic mass is 32.2. The van der Waals surface area contributed by atoms with Gasteiger partial charge in [0, 0.05) is 23.9 Å². The minimum absolute atomic E-state index is 0.172. The molecule has 10 heteroatoms. The molecule has 1 saturated heterocycles. The highest BCUT2D eigenvalue weighted by molar-refractivity contribution is 8.00. The Morgan fingerprint density at radius 2 is 1.77 bits per heavy atom. The summed E-state index contributed by atoms with van der Waals surface area (Å²) in [6.07, 6.45) is -1.20. The number of phenolic OH excluding ortho intramolecular Hbond substituents is 1. The fourth-order valence-corrected chi connectivity index (χ4v) is 6.43. The Morgan fingerprint density at radius 1 is 1.07 bits per heavy atom. The van der Waals surface area contributed by atoms with Crippen LogP contribution < -0.4 is 15.4 Å². The predicted molar refractivity (Wildman–Crippen MR) is 166 cm³/mol. The fourth-order valence-electron chi connectivity index (χ4n) is 5.29. The van der Waals surface area contributed by atoms with Gasteiger partial charge in [0.15, 0.2) is 11.6 Å². The minimum Gasteiger partial charge on any atom is -0.505 e. The summed E-state index contributed by atoms with van der Waals surface area (Å²) < 4.78 is 18.5. The fraction of sp³-hybridized carbons (Fsp3) is 0.394. The summed E-state index contributed by atoms with van der Waals surface area (Å²) in [6, 6.07) is 16.3. The number of amides is 2. The molecular formula is C33H40FN3O5S. The molecule has 2 amide bonds. The second kappa shape index (κ2) is 13.8. The Bertz CT molecular complexity index is 1450. The smallest absolute Gasteiger partial charge is 0.254 e. The van der Waals surface area contributed by atoms with Crippen LogP contribution in [0.5, 0.6) is 11.5 Å². The van der Waals surface area contributed by atoms with Crippen molar-refractivity contribution in [3.63, 3.8) is 0 Å². The molecule has 8 nitrogen and oxygen atoms in total. The SMILES string of the molecule is COc1ccc(C[C@H](NCc2ccc(F)c(O)c2C)[C@H](O)C(=O)N2CSC(C)(C)C2C(=O)NCc2ccccc2C)cc1. The summed E-state index contributed by atoms with van der Waals surface area (Å²) in [7, 11) is 1.57. The quantitative estimate of drug-likeness (QED) is 0.258. The minimum atomic E-state index is -1.49. The maximum absolute atomic E-state index is 13.9. The summed E-state index contributed by atoms with van der Waals surface area (Å²) >= 11 is 1.49. The van der Waals surface area contributed by atoms with Gasteiger partial charge in [-0.15, -0.1) is 11.8 Å². The molecule has 3 atom stereocenters. The normalized spacial score (nSPS) is 17.4. The van der Waals surface area contributed by atoms with Gasteiger partial charge in [-0.25, -0.2) is 4.39 Å². The van der Waals surface area contributed by atoms with Crippen LogP contribution in [-0.4, -0.2) is 62.8 Å². The number of rotatable bonds is 11. The van der Waals surface area contributed by atoms with Crippen molar-refractivity contribution >= 4 is 23.6 Å². The number of benzene rings is 3. The molecule has 0 spiro atoms. The van der Waals surface area contributed by atoms with Gasteiger partial charge in [-0.3, -0.25) is 9.59 Å². The van der Waals surface area contributed by atoms with Crippen molar-refractivity contribution in [2.45, 2.75) is 70.1 Å². The van der Waals surface area contributed by atoms with Crippen molar-refractivity contribution in [1.29, 1.82) is 0 Å². The van der Waals surface area contributed by atoms with Crippen molar-refractivity contribution in [3.8, 4) is 11.5 Å². The number of methoxy groups -OCH3 is 1. The van der Waals surface area contributed by atoms with Crippen LogP contribution >= 0.6 is 11.8 Å². The third-order valence-electron chi connectivity index (χ3n) is 8.09. The number of nitrogens with zero attached hydrogens (tertiary/aromatic N) is 1. The van der Waals surface area contributed by atoms with Crippen LogP contribution in [0.1, 0.15) is 41.7 Å². The van der Waals surface area contributed by atoms with Crippen LogP contribution in [0.2, 0.25) is 0 Å². The van der Waals surface area contributed by atoms with Gasteiger partial charge in [0.2, 0.25) is 5.91 Å². The molecular weight excluding hydrogens is 569 g/mol. The molecule has 1 fully saturated rings. The van der Waals surface area contributed by atoms with Gasteiger partial charge in [0.25, 0.3) is 5.91 Å². The number of hydrogen-bond acceptors (Lipinski definition) is 7. The van der Waals surface area contributed by atoms with E-state index in [1.807, 2.05) is 57.2 Å². The van der Waals surface area contributed by atoms with Crippen LogP contribution in [0, 0.1) is 19.7 Å². The Kier molecular flexibility index (Phi) is 10.4. The summed E-state index contributed by atoms with van der Waals surface area (Å²) in [6.45, 7) is 7.94. The highest BCUT2D eigenvalue weighted by Gasteiger charge is 2.49. The molecule has 1 unspecified atom stereocenters. The molecule has 4 rings (SSSR count). The van der Waals surface area contributed by atoms with Gasteiger partial charge in [-0.05, 0) is 80.1 Å². The molecule has 230 valence electrons. The topological polar surface area (TPSA) is 111 Å². The van der Waals surface area contributed by atoms with E-state index in [0.29, 0.717) is 23.4 Å². The monoisotopic (exact) mass is 609 g/mol. The maximum Gasteiger partial charge on any atom is 0.254 e. The zero-order valence-electron chi connectivity index (χ0n) is 25.2. The third-order valence-corrected chi connectivity index (χ3v) is 9.46. The van der Waals surface area contributed by atoms with Crippen molar-refractivity contribution in [1.82, 2.24) is 15.5 Å². The summed E-state index contributed by atoms with van der Waals surface area (Å²) in [4.78, 5) is 28.9. The molecule has 3 aromatic carbocycles. The molecule has 43 heavy (non-hydrogen) atoms. The molecule has 0 aromatic heterocycles. The first-order valence-electron chi connectivity index (χ1n) is 14.2. The largest absolute Gasteiger partial charge is 0.505 e. The van der Waals surface area contributed by atoms with Crippen molar-refractivity contribution in [2.24, 2.45) is 0 Å². The van der Waals surface area contributed by atoms with Crippen LogP contribution in [0.4, 0.5) is 4.39 Å². The number of aryl methyl sites for hydroxylation is 1. The number of aliphatic hydroxyl groups is 1. The lowest BCUT2D eigenvalue weighted by molar-refractivity contribution is -0.147. The zero-order valence-corrected chi connectivity index (χ0v) is 26.0. The molecule has 3 aromatic rings. The number of ether oxygens (including phenoxy) is 1. The lowest BCUT2D eigenvalue weighted by Crippen LogP contribution is -2.58. The number of aromatic hydroxyl groups is 1. The van der Waals surface area contributed by atoms with Gasteiger partial charge >= 0.3 is 0 Å². The van der Waals surface area contributed by atoms with Gasteiger partial charge in [0.1, 0.15) is 17.9 Å². The molecule has 1 aliphatic rings. The summed E-state index contributed by atoms with van der Waals surface area (Å²) in [5.41, 5.74) is 3.91. The molecule has 1 aliphatic heterocycles. The molecule has 0 radical (unpaired) electrons. The second-order valence-corrected chi connectivity index (χ2v) is 13.0. The van der Waals surface area contributed by atoms with E-state index in [1.165, 1.54) is 22.7 Å². The number of aliphatic hydroxyl groups excluding tert-OH is 1. The number of nitrogens with one attached hydrogen (secondary N) is 2. The zero-order chi connectivity index (χ0) is 31.3. The number of hydrogen-bond donors (Lipinski definition) is 4. The maximum atomic E-state index is 13.9. The third kappa shape index (κ3) is 7.49. The van der Waals surface area contributed by atoms with E-state index in [9.17, 15) is 24.2 Å². The lowest BCUT2D eigenvalue weighted by Gasteiger charge is -2.33. The standard InChI is InChI=1S/C33H40FN3O5S/c1-20-8-6-7-9-23(20)17-36-31(40)30-33(3,4)43-19-37(30)32(41)29(39)27(16-22-10-13-25(42-5)14-11-22)35-18-24-12-15-26(34)28(38)21(24)2/h6-15,27,29-30,35,38-39H,16-19H2,1-5H3,(H,36,40)/t27-,29-,30?/m0/s1. The molecule has 0 saturated carbocycles. The Labute approximate surface area is 256 Å². The van der Waals surface area contributed by atoms with E-state index in [2.05, 4.69) is 10.6 Å². The summed E-state index contributed by atoms with van der Waals surface area (Å²) in [5.74, 6) is -1.05. The van der Waals surface area contributed by atoms with E-state index in [1.54, 1.807) is 32.2 Å². The van der Waals surface area contributed by atoms with E-state index in [-0.39, 0.29) is 24.7 Å². The highest BCUT2D eigenvalue weighted by Crippen LogP contribution is 2.40. The van der Waals surface area contributed by atoms with Crippen molar-refractivity contribution in [3.05, 3.63) is 94.3 Å². The molecule has 0 aliphatic carbocycles. The van der Waals surface area contributed by atoms with E-state index >= 15 is 0 Å². The van der Waals surface area contributed by atoms with Crippen molar-refractivity contribution < 1.29 is 28.9 Å². The molecule has 4 N–H and O–H groups in total. The summed E-state index contributed by atoms with van der Waals surface area (Å²) in [5, 5.41) is 27.9. The van der Waals surface area contributed by atoms with Gasteiger partial charge in [-0.2, -0.15) is 0 Å². The average molecular weight is 610 g/mol. The van der Waals surface area contributed by atoms with Crippen molar-refractivity contribution in [2.75, 3.05) is 13.0 Å². The first kappa shape index (κ1) is 32.3. The van der Waals surface area contributed by atoms with E-state index in [0.717, 1.165) is 16.7 Å². The molecule has 1 heterocycles. The lowest BCUT2D eigenvalue weighted by atomic mass is 9.96. The van der Waals surface area contributed by atoms with Crippen LogP contribution in [0.15, 0.2) is 60.7 Å². The second-order valence-electron chi connectivity index (χ2n) is 11.4. The van der Waals surface area contributed by atoms with E-state index in [4.69, 9.17) is 4.74 Å². The first-order chi connectivity index (χ1) is 20.4. The first-order valence-corrected chi connectivity index (χ1v) is 15.2. The van der Waals surface area contributed by atoms with Gasteiger partial charge < -0.3 is 30.5 Å². The Balaban J connectivity index is 1.55. The number of carbonyl (C=O) groups is 2. The van der Waals surface area contributed by atoms with Gasteiger partial charge in [0.05, 0.1) is 13.0 Å². The number of halogens is 1. The van der Waals surface area contributed by atoms with Crippen LogP contribution in [0.25, 0.3) is 0 Å². The van der Waals surface area contributed by atoms with Crippen LogP contribution in [0.3, 0.4) is 0 Å². The van der Waals surface area contributed by atoms with Gasteiger partial charge in [-0.1, -0.05) is 42.5 Å². The average Bonchev–Trinajstić information content (AvgIpc) is 3.32. The van der Waals surface area contributed by atoms with E-state index < -0.39 is 40.4 Å². The van der Waals surface area contributed by atoms with Crippen LogP contribution in [-0.2, 0) is 29.1 Å².